The summed E-state index contributed by atoms with van der Waals surface area (Å²) in [6, 6.07) is 5.99. The Morgan fingerprint density at radius 1 is 1.23 bits per heavy atom. The summed E-state index contributed by atoms with van der Waals surface area (Å²) in [5.74, 6) is 0.561. The van der Waals surface area contributed by atoms with Crippen LogP contribution in [0.2, 0.25) is 0 Å². The van der Waals surface area contributed by atoms with Crippen LogP contribution < -0.4 is 10.2 Å². The van der Waals surface area contributed by atoms with E-state index in [1.165, 1.54) is 17.7 Å². The summed E-state index contributed by atoms with van der Waals surface area (Å²) >= 11 is 1.45. The molecule has 0 amide bonds. The number of thiazole rings is 1. The number of aromatic nitrogens is 3. The second-order valence-corrected chi connectivity index (χ2v) is 7.35. The maximum atomic E-state index is 11.7. The number of fused-ring (bicyclic) bond motifs is 1. The van der Waals surface area contributed by atoms with Crippen LogP contribution in [-0.2, 0) is 0 Å². The lowest BCUT2D eigenvalue weighted by atomic mass is 10.1. The fourth-order valence-corrected chi connectivity index (χ4v) is 4.12. The van der Waals surface area contributed by atoms with Crippen LogP contribution in [-0.4, -0.2) is 33.0 Å². The van der Waals surface area contributed by atoms with Crippen LogP contribution in [0.25, 0.3) is 10.2 Å². The van der Waals surface area contributed by atoms with Crippen molar-refractivity contribution in [2.75, 3.05) is 23.3 Å². The number of hydrogen-bond donors (Lipinski definition) is 1. The first-order valence-electron chi connectivity index (χ1n) is 8.50. The number of nitrogens with one attached hydrogen (secondary N) is 1. The first kappa shape index (κ1) is 16.6. The van der Waals surface area contributed by atoms with Gasteiger partial charge >= 0.3 is 5.69 Å². The molecule has 9 heteroatoms. The first-order valence-corrected chi connectivity index (χ1v) is 9.32. The van der Waals surface area contributed by atoms with Gasteiger partial charge in [0.2, 0.25) is 11.6 Å². The molecule has 3 heterocycles. The van der Waals surface area contributed by atoms with E-state index in [2.05, 4.69) is 20.3 Å². The number of rotatable bonds is 4. The molecule has 0 aliphatic carbocycles. The molecule has 0 spiro atoms. The summed E-state index contributed by atoms with van der Waals surface area (Å²) in [5, 5.41) is 15.3. The fraction of sp³-hybridized carbons (Fsp3) is 0.353. The summed E-state index contributed by atoms with van der Waals surface area (Å²) < 4.78 is 1.03. The molecule has 0 bridgehead atoms. The molecule has 0 atom stereocenters. The lowest BCUT2D eigenvalue weighted by Crippen LogP contribution is -2.31. The molecule has 1 aliphatic heterocycles. The van der Waals surface area contributed by atoms with Gasteiger partial charge in [-0.1, -0.05) is 17.4 Å². The third-order valence-electron chi connectivity index (χ3n) is 4.41. The average molecular weight is 370 g/mol. The van der Waals surface area contributed by atoms with Gasteiger partial charge in [0.05, 0.1) is 15.1 Å². The Kier molecular flexibility index (Phi) is 4.37. The van der Waals surface area contributed by atoms with E-state index >= 15 is 0 Å². The molecule has 134 valence electrons. The van der Waals surface area contributed by atoms with E-state index in [1.54, 1.807) is 0 Å². The number of piperidine rings is 1. The van der Waals surface area contributed by atoms with Gasteiger partial charge in [0.15, 0.2) is 5.13 Å². The minimum atomic E-state index is -0.413. The maximum Gasteiger partial charge on any atom is 0.353 e. The molecule has 0 unspecified atom stereocenters. The third kappa shape index (κ3) is 3.17. The largest absolute Gasteiger partial charge is 0.353 e. The Hall–Kier alpha value is -2.81. The van der Waals surface area contributed by atoms with Gasteiger partial charge in [0, 0.05) is 13.1 Å². The Bertz CT molecular complexity index is 967. The van der Waals surface area contributed by atoms with Crippen molar-refractivity contribution in [1.29, 1.82) is 0 Å². The van der Waals surface area contributed by atoms with Crippen LogP contribution in [0.15, 0.2) is 24.5 Å². The molecule has 1 saturated heterocycles. The molecule has 1 fully saturated rings. The van der Waals surface area contributed by atoms with E-state index in [4.69, 9.17) is 0 Å². The Labute approximate surface area is 154 Å². The molecule has 0 radical (unpaired) electrons. The highest BCUT2D eigenvalue weighted by Gasteiger charge is 2.28. The van der Waals surface area contributed by atoms with Crippen molar-refractivity contribution in [2.24, 2.45) is 0 Å². The minimum Gasteiger partial charge on any atom is -0.351 e. The lowest BCUT2D eigenvalue weighted by molar-refractivity contribution is -0.383. The standard InChI is InChI=1S/C17H18N6O2S/c1-11-5-6-12-13(9-11)26-17(20-12)21-15-14(23(24)25)16(19-10-18-15)22-7-3-2-4-8-22/h5-6,9-10H,2-4,7-8H2,1H3,(H,18,19,20,21). The molecule has 0 saturated carbocycles. The molecule has 4 rings (SSSR count). The maximum absolute atomic E-state index is 11.7. The molecular weight excluding hydrogens is 352 g/mol. The van der Waals surface area contributed by atoms with Gasteiger partial charge in [0.25, 0.3) is 0 Å². The normalized spacial score (nSPS) is 14.6. The van der Waals surface area contributed by atoms with Gasteiger partial charge < -0.3 is 10.2 Å². The molecule has 3 aromatic rings. The monoisotopic (exact) mass is 370 g/mol. The molecule has 26 heavy (non-hydrogen) atoms. The Morgan fingerprint density at radius 2 is 2.04 bits per heavy atom. The zero-order valence-corrected chi connectivity index (χ0v) is 15.1. The summed E-state index contributed by atoms with van der Waals surface area (Å²) in [6.45, 7) is 3.57. The lowest BCUT2D eigenvalue weighted by Gasteiger charge is -2.27. The number of anilines is 3. The van der Waals surface area contributed by atoms with Gasteiger partial charge in [-0.05, 0) is 43.9 Å². The highest BCUT2D eigenvalue weighted by molar-refractivity contribution is 7.22. The van der Waals surface area contributed by atoms with Crippen molar-refractivity contribution in [3.8, 4) is 0 Å². The summed E-state index contributed by atoms with van der Waals surface area (Å²) in [7, 11) is 0. The predicted octanol–water partition coefficient (Wildman–Crippen LogP) is 4.04. The van der Waals surface area contributed by atoms with E-state index < -0.39 is 4.92 Å². The molecular formula is C17H18N6O2S. The molecule has 1 aromatic carbocycles. The zero-order chi connectivity index (χ0) is 18.1. The topological polar surface area (TPSA) is 97.1 Å². The third-order valence-corrected chi connectivity index (χ3v) is 5.34. The molecule has 1 N–H and O–H groups in total. The van der Waals surface area contributed by atoms with E-state index in [1.807, 2.05) is 30.0 Å². The highest BCUT2D eigenvalue weighted by atomic mass is 32.1. The van der Waals surface area contributed by atoms with Crippen molar-refractivity contribution >= 4 is 44.0 Å². The number of nitrogens with zero attached hydrogens (tertiary/aromatic N) is 5. The van der Waals surface area contributed by atoms with Crippen molar-refractivity contribution in [3.63, 3.8) is 0 Å². The number of nitro groups is 1. The Morgan fingerprint density at radius 3 is 2.81 bits per heavy atom. The van der Waals surface area contributed by atoms with Gasteiger partial charge in [-0.25, -0.2) is 15.0 Å². The number of aryl methyl sites for hydroxylation is 1. The smallest absolute Gasteiger partial charge is 0.351 e. The van der Waals surface area contributed by atoms with Gasteiger partial charge in [-0.2, -0.15) is 0 Å². The van der Waals surface area contributed by atoms with Crippen LogP contribution in [0, 0.1) is 17.0 Å². The summed E-state index contributed by atoms with van der Waals surface area (Å²) in [4.78, 5) is 26.1. The second kappa shape index (κ2) is 6.83. The van der Waals surface area contributed by atoms with Crippen molar-refractivity contribution in [2.45, 2.75) is 26.2 Å². The molecule has 1 aliphatic rings. The molecule has 2 aromatic heterocycles. The molecule has 8 nitrogen and oxygen atoms in total. The van der Waals surface area contributed by atoms with Crippen molar-refractivity contribution in [1.82, 2.24) is 15.0 Å². The van der Waals surface area contributed by atoms with Crippen molar-refractivity contribution in [3.05, 3.63) is 40.2 Å². The number of hydrogen-bond acceptors (Lipinski definition) is 8. The highest BCUT2D eigenvalue weighted by Crippen LogP contribution is 2.36. The van der Waals surface area contributed by atoms with E-state index in [-0.39, 0.29) is 11.5 Å². The fourth-order valence-electron chi connectivity index (χ4n) is 3.15. The van der Waals surface area contributed by atoms with Gasteiger partial charge in [0.1, 0.15) is 6.33 Å². The quantitative estimate of drug-likeness (QED) is 0.547. The Balaban J connectivity index is 1.71. The van der Waals surface area contributed by atoms with Crippen LogP contribution in [0.3, 0.4) is 0 Å². The van der Waals surface area contributed by atoms with E-state index in [0.717, 1.165) is 48.1 Å². The predicted molar refractivity (Wildman–Crippen MR) is 102 cm³/mol. The van der Waals surface area contributed by atoms with Crippen LogP contribution >= 0.6 is 11.3 Å². The summed E-state index contributed by atoms with van der Waals surface area (Å²) in [6.07, 6.45) is 4.55. The van der Waals surface area contributed by atoms with Crippen molar-refractivity contribution < 1.29 is 4.92 Å². The minimum absolute atomic E-state index is 0.0927. The summed E-state index contributed by atoms with van der Waals surface area (Å²) in [5.41, 5.74) is 1.91. The average Bonchev–Trinajstić information content (AvgIpc) is 3.03. The first-order chi connectivity index (χ1) is 12.6. The zero-order valence-electron chi connectivity index (χ0n) is 14.3. The van der Waals surface area contributed by atoms with E-state index in [0.29, 0.717) is 10.9 Å². The van der Waals surface area contributed by atoms with Gasteiger partial charge in [-0.15, -0.1) is 0 Å². The van der Waals surface area contributed by atoms with Crippen LogP contribution in [0.4, 0.5) is 22.5 Å². The second-order valence-electron chi connectivity index (χ2n) is 6.31. The van der Waals surface area contributed by atoms with E-state index in [9.17, 15) is 10.1 Å². The van der Waals surface area contributed by atoms with Crippen LogP contribution in [0.5, 0.6) is 0 Å². The SMILES string of the molecule is Cc1ccc2nc(Nc3ncnc(N4CCCCC4)c3[N+](=O)[O-])sc2c1. The van der Waals surface area contributed by atoms with Crippen LogP contribution in [0.1, 0.15) is 24.8 Å². The van der Waals surface area contributed by atoms with Gasteiger partial charge in [-0.3, -0.25) is 10.1 Å². The number of benzene rings is 1.